The third-order valence-electron chi connectivity index (χ3n) is 4.73. The maximum Gasteiger partial charge on any atom is 0.261 e. The van der Waals surface area contributed by atoms with Crippen LogP contribution in [0.15, 0.2) is 48.5 Å². The first-order valence-corrected chi connectivity index (χ1v) is 10.9. The van der Waals surface area contributed by atoms with E-state index in [0.29, 0.717) is 35.3 Å². The molecule has 0 aliphatic carbocycles. The molecular formula is C23H28Cl2N2O3. The van der Waals surface area contributed by atoms with E-state index in [4.69, 9.17) is 27.9 Å². The van der Waals surface area contributed by atoms with Gasteiger partial charge in [-0.25, -0.2) is 0 Å². The number of benzene rings is 2. The van der Waals surface area contributed by atoms with Gasteiger partial charge >= 0.3 is 0 Å². The first-order valence-electron chi connectivity index (χ1n) is 10.1. The number of hydrogen-bond acceptors (Lipinski definition) is 3. The van der Waals surface area contributed by atoms with Gasteiger partial charge in [0.1, 0.15) is 11.8 Å². The molecule has 0 saturated carbocycles. The zero-order valence-electron chi connectivity index (χ0n) is 17.4. The molecule has 162 valence electrons. The molecule has 0 aromatic heterocycles. The molecule has 1 N–H and O–H groups in total. The second kappa shape index (κ2) is 12.5. The number of amides is 2. The van der Waals surface area contributed by atoms with Crippen LogP contribution < -0.4 is 10.1 Å². The molecule has 0 aliphatic heterocycles. The Balaban J connectivity index is 2.05. The first-order chi connectivity index (χ1) is 14.4. The number of nitrogens with one attached hydrogen (secondary N) is 1. The lowest BCUT2D eigenvalue weighted by Crippen LogP contribution is -2.50. The van der Waals surface area contributed by atoms with Crippen LogP contribution in [-0.2, 0) is 16.0 Å². The molecule has 1 atom stereocenters. The van der Waals surface area contributed by atoms with Crippen LogP contribution in [-0.4, -0.2) is 42.5 Å². The lowest BCUT2D eigenvalue weighted by Gasteiger charge is -2.28. The van der Waals surface area contributed by atoms with Crippen molar-refractivity contribution in [1.29, 1.82) is 0 Å². The van der Waals surface area contributed by atoms with E-state index in [2.05, 4.69) is 12.2 Å². The number of unbranched alkanes of at least 4 members (excludes halogenated alkanes) is 1. The minimum absolute atomic E-state index is 0.172. The minimum atomic E-state index is -0.609. The maximum atomic E-state index is 12.9. The molecule has 0 radical (unpaired) electrons. The number of ether oxygens (including phenoxy) is 1. The van der Waals surface area contributed by atoms with Gasteiger partial charge in [-0.05, 0) is 43.5 Å². The summed E-state index contributed by atoms with van der Waals surface area (Å²) in [5.74, 6) is -0.0815. The molecule has 0 aliphatic rings. The summed E-state index contributed by atoms with van der Waals surface area (Å²) in [6.45, 7) is 4.58. The first kappa shape index (κ1) is 24.0. The number of rotatable bonds is 11. The zero-order valence-corrected chi connectivity index (χ0v) is 18.9. The summed E-state index contributed by atoms with van der Waals surface area (Å²) in [5, 5.41) is 3.71. The van der Waals surface area contributed by atoms with Crippen LogP contribution in [0.25, 0.3) is 0 Å². The summed E-state index contributed by atoms with van der Waals surface area (Å²) in [5.41, 5.74) is 1.09. The molecule has 0 unspecified atom stereocenters. The summed E-state index contributed by atoms with van der Waals surface area (Å²) < 4.78 is 5.60. The van der Waals surface area contributed by atoms with Gasteiger partial charge in [-0.15, -0.1) is 0 Å². The van der Waals surface area contributed by atoms with Crippen molar-refractivity contribution >= 4 is 35.0 Å². The third kappa shape index (κ3) is 7.54. The van der Waals surface area contributed by atoms with Gasteiger partial charge in [-0.3, -0.25) is 9.59 Å². The highest BCUT2D eigenvalue weighted by molar-refractivity contribution is 6.35. The Hall–Kier alpha value is -2.24. The molecule has 2 aromatic rings. The van der Waals surface area contributed by atoms with E-state index >= 15 is 0 Å². The number of carbonyl (C=O) groups excluding carboxylic acids is 2. The van der Waals surface area contributed by atoms with E-state index in [-0.39, 0.29) is 18.4 Å². The van der Waals surface area contributed by atoms with Gasteiger partial charge in [-0.2, -0.15) is 0 Å². The van der Waals surface area contributed by atoms with Gasteiger partial charge in [0.15, 0.2) is 6.61 Å². The largest absolute Gasteiger partial charge is 0.482 e. The molecule has 0 saturated heterocycles. The smallest absolute Gasteiger partial charge is 0.261 e. The van der Waals surface area contributed by atoms with Crippen molar-refractivity contribution in [1.82, 2.24) is 10.2 Å². The van der Waals surface area contributed by atoms with Gasteiger partial charge in [0.25, 0.3) is 5.91 Å². The second-order valence-corrected chi connectivity index (χ2v) is 7.85. The zero-order chi connectivity index (χ0) is 21.9. The van der Waals surface area contributed by atoms with Crippen molar-refractivity contribution in [2.75, 3.05) is 19.7 Å². The van der Waals surface area contributed by atoms with Gasteiger partial charge in [0.2, 0.25) is 5.91 Å². The van der Waals surface area contributed by atoms with Crippen molar-refractivity contribution in [3.8, 4) is 5.75 Å². The average molecular weight is 451 g/mol. The molecule has 5 nitrogen and oxygen atoms in total. The van der Waals surface area contributed by atoms with Crippen LogP contribution in [0.4, 0.5) is 0 Å². The van der Waals surface area contributed by atoms with E-state index in [1.807, 2.05) is 30.3 Å². The summed E-state index contributed by atoms with van der Waals surface area (Å²) >= 11 is 12.0. The van der Waals surface area contributed by atoms with E-state index < -0.39 is 6.04 Å². The Morgan fingerprint density at radius 1 is 1.13 bits per heavy atom. The fraction of sp³-hybridized carbons (Fsp3) is 0.391. The quantitative estimate of drug-likeness (QED) is 0.502. The molecule has 2 aromatic carbocycles. The highest BCUT2D eigenvalue weighted by Crippen LogP contribution is 2.27. The predicted molar refractivity (Wildman–Crippen MR) is 121 cm³/mol. The third-order valence-corrected chi connectivity index (χ3v) is 5.26. The molecule has 2 rings (SSSR count). The average Bonchev–Trinajstić information content (AvgIpc) is 2.74. The maximum absolute atomic E-state index is 12.9. The van der Waals surface area contributed by atoms with Gasteiger partial charge in [0.05, 0.1) is 5.02 Å². The molecule has 0 fully saturated rings. The summed E-state index contributed by atoms with van der Waals surface area (Å²) in [7, 11) is 0. The molecule has 0 spiro atoms. The Morgan fingerprint density at radius 2 is 1.87 bits per heavy atom. The molecule has 7 heteroatoms. The molecule has 2 amide bonds. The number of halogens is 2. The molecule has 0 heterocycles. The second-order valence-electron chi connectivity index (χ2n) is 7.01. The topological polar surface area (TPSA) is 58.6 Å². The summed E-state index contributed by atoms with van der Waals surface area (Å²) in [6, 6.07) is 14.1. The Labute approximate surface area is 188 Å². The summed E-state index contributed by atoms with van der Waals surface area (Å²) in [4.78, 5) is 27.1. The molecule has 30 heavy (non-hydrogen) atoms. The van der Waals surface area contributed by atoms with Crippen LogP contribution in [0.5, 0.6) is 5.75 Å². The molecule has 0 bridgehead atoms. The fourth-order valence-electron chi connectivity index (χ4n) is 2.92. The number of nitrogens with zero attached hydrogens (tertiary/aromatic N) is 1. The van der Waals surface area contributed by atoms with E-state index in [0.717, 1.165) is 18.4 Å². The van der Waals surface area contributed by atoms with Gasteiger partial charge in [-0.1, -0.05) is 66.9 Å². The predicted octanol–water partition coefficient (Wildman–Crippen LogP) is 4.75. The van der Waals surface area contributed by atoms with Crippen LogP contribution in [0, 0.1) is 0 Å². The number of carbonyl (C=O) groups is 2. The Kier molecular flexibility index (Phi) is 9.98. The van der Waals surface area contributed by atoms with Crippen LogP contribution in [0.1, 0.15) is 32.3 Å². The Morgan fingerprint density at radius 3 is 2.53 bits per heavy atom. The Bertz CT molecular complexity index is 830. The lowest BCUT2D eigenvalue weighted by atomic mass is 10.1. The monoisotopic (exact) mass is 450 g/mol. The number of hydrogen-bond donors (Lipinski definition) is 1. The minimum Gasteiger partial charge on any atom is -0.482 e. The van der Waals surface area contributed by atoms with E-state index in [1.165, 1.54) is 0 Å². The van der Waals surface area contributed by atoms with Crippen molar-refractivity contribution in [2.24, 2.45) is 0 Å². The van der Waals surface area contributed by atoms with Crippen molar-refractivity contribution in [3.05, 3.63) is 64.1 Å². The van der Waals surface area contributed by atoms with Crippen LogP contribution >= 0.6 is 23.2 Å². The van der Waals surface area contributed by atoms with Crippen molar-refractivity contribution < 1.29 is 14.3 Å². The summed E-state index contributed by atoms with van der Waals surface area (Å²) in [6.07, 6.45) is 2.52. The normalized spacial score (nSPS) is 11.6. The highest BCUT2D eigenvalue weighted by atomic mass is 35.5. The van der Waals surface area contributed by atoms with Gasteiger partial charge in [0, 0.05) is 18.1 Å². The standard InChI is InChI=1S/C23H28Cl2N2O3/c1-3-4-13-26-23(29)17(2)27(14-12-18-8-6-5-7-9-18)22(28)16-30-21-11-10-19(24)15-20(21)25/h5-11,15,17H,3-4,12-14,16H2,1-2H3,(H,26,29)/t17-/m0/s1. The highest BCUT2D eigenvalue weighted by Gasteiger charge is 2.26. The lowest BCUT2D eigenvalue weighted by molar-refractivity contribution is -0.141. The van der Waals surface area contributed by atoms with Crippen LogP contribution in [0.3, 0.4) is 0 Å². The SMILES string of the molecule is CCCCNC(=O)[C@H](C)N(CCc1ccccc1)C(=O)COc1ccc(Cl)cc1Cl. The van der Waals surface area contributed by atoms with E-state index in [1.54, 1.807) is 30.0 Å². The van der Waals surface area contributed by atoms with Crippen molar-refractivity contribution in [2.45, 2.75) is 39.2 Å². The van der Waals surface area contributed by atoms with Crippen molar-refractivity contribution in [3.63, 3.8) is 0 Å². The van der Waals surface area contributed by atoms with Crippen LogP contribution in [0.2, 0.25) is 10.0 Å². The fourth-order valence-corrected chi connectivity index (χ4v) is 3.38. The van der Waals surface area contributed by atoms with Gasteiger partial charge < -0.3 is 15.0 Å². The van der Waals surface area contributed by atoms with E-state index in [9.17, 15) is 9.59 Å². The molecular weight excluding hydrogens is 423 g/mol.